The maximum absolute atomic E-state index is 12.2. The van der Waals surface area contributed by atoms with Crippen LogP contribution in [-0.2, 0) is 6.54 Å². The molecule has 0 aliphatic heterocycles. The molecule has 0 saturated heterocycles. The Hall–Kier alpha value is -1.88. The molecule has 0 N–H and O–H groups in total. The van der Waals surface area contributed by atoms with Crippen LogP contribution in [0.3, 0.4) is 0 Å². The first-order valence-corrected chi connectivity index (χ1v) is 5.62. The van der Waals surface area contributed by atoms with Crippen LogP contribution in [-0.4, -0.2) is 19.2 Å². The van der Waals surface area contributed by atoms with Gasteiger partial charge in [-0.3, -0.25) is 13.8 Å². The summed E-state index contributed by atoms with van der Waals surface area (Å²) in [6, 6.07) is 5.18. The van der Waals surface area contributed by atoms with Crippen molar-refractivity contribution in [3.8, 4) is 0 Å². The van der Waals surface area contributed by atoms with Gasteiger partial charge in [0.2, 0.25) is 5.78 Å². The van der Waals surface area contributed by atoms with Crippen molar-refractivity contribution in [1.29, 1.82) is 0 Å². The molecule has 2 heterocycles. The molecule has 0 unspecified atom stereocenters. The van der Waals surface area contributed by atoms with Crippen LogP contribution in [0, 0.1) is 0 Å². The van der Waals surface area contributed by atoms with E-state index in [1.165, 1.54) is 0 Å². The molecular weight excluding hydrogens is 240 g/mol. The Kier molecular flexibility index (Phi) is 2.16. The summed E-state index contributed by atoms with van der Waals surface area (Å²) in [5.74, 6) is 0.535. The van der Waals surface area contributed by atoms with Crippen LogP contribution in [0.5, 0.6) is 0 Å². The van der Waals surface area contributed by atoms with Crippen LogP contribution in [0.15, 0.2) is 29.3 Å². The molecule has 0 bridgehead atoms. The number of fused-ring (bicyclic) bond motifs is 3. The van der Waals surface area contributed by atoms with Gasteiger partial charge in [0.25, 0.3) is 5.56 Å². The Morgan fingerprint density at radius 2 is 2.24 bits per heavy atom. The van der Waals surface area contributed by atoms with Crippen molar-refractivity contribution in [3.63, 3.8) is 0 Å². The number of halogens is 1. The number of aryl methyl sites for hydroxylation is 1. The van der Waals surface area contributed by atoms with E-state index in [1.54, 1.807) is 33.5 Å². The van der Waals surface area contributed by atoms with E-state index in [2.05, 4.69) is 10.2 Å². The molecule has 0 fully saturated rings. The van der Waals surface area contributed by atoms with Gasteiger partial charge >= 0.3 is 0 Å². The highest BCUT2D eigenvalue weighted by Gasteiger charge is 2.11. The molecule has 17 heavy (non-hydrogen) atoms. The second-order valence-electron chi connectivity index (χ2n) is 3.71. The van der Waals surface area contributed by atoms with E-state index in [4.69, 9.17) is 11.6 Å². The highest BCUT2D eigenvalue weighted by Crippen LogP contribution is 2.17. The van der Waals surface area contributed by atoms with E-state index in [9.17, 15) is 4.79 Å². The summed E-state index contributed by atoms with van der Waals surface area (Å²) in [6.07, 6.45) is 1.58. The average molecular weight is 249 g/mol. The summed E-state index contributed by atoms with van der Waals surface area (Å²) < 4.78 is 3.36. The van der Waals surface area contributed by atoms with Gasteiger partial charge in [0.05, 0.1) is 10.9 Å². The number of hydrogen-bond donors (Lipinski definition) is 0. The molecule has 5 nitrogen and oxygen atoms in total. The standard InChI is InChI=1S/C11H9ClN4O/c1-2-15-10(17)8-4-3-7(12)5-9(8)16-6-13-14-11(15)16/h3-6H,2H2,1H3. The van der Waals surface area contributed by atoms with Crippen molar-refractivity contribution in [3.05, 3.63) is 39.9 Å². The molecule has 0 saturated carbocycles. The lowest BCUT2D eigenvalue weighted by Crippen LogP contribution is -2.22. The van der Waals surface area contributed by atoms with Gasteiger partial charge < -0.3 is 0 Å². The molecule has 0 aliphatic rings. The fourth-order valence-corrected chi connectivity index (χ4v) is 2.16. The zero-order chi connectivity index (χ0) is 12.0. The van der Waals surface area contributed by atoms with Crippen LogP contribution in [0.4, 0.5) is 0 Å². The molecule has 1 aromatic carbocycles. The van der Waals surface area contributed by atoms with Crippen molar-refractivity contribution in [2.24, 2.45) is 0 Å². The summed E-state index contributed by atoms with van der Waals surface area (Å²) in [6.45, 7) is 2.46. The van der Waals surface area contributed by atoms with Gasteiger partial charge in [-0.1, -0.05) is 11.6 Å². The van der Waals surface area contributed by atoms with Crippen LogP contribution in [0.25, 0.3) is 16.7 Å². The fourth-order valence-electron chi connectivity index (χ4n) is 1.99. The smallest absolute Gasteiger partial charge is 0.262 e. The number of benzene rings is 1. The van der Waals surface area contributed by atoms with E-state index in [0.717, 1.165) is 5.52 Å². The summed E-state index contributed by atoms with van der Waals surface area (Å²) in [5.41, 5.74) is 0.659. The van der Waals surface area contributed by atoms with Crippen molar-refractivity contribution >= 4 is 28.3 Å². The Morgan fingerprint density at radius 3 is 3.00 bits per heavy atom. The zero-order valence-corrected chi connectivity index (χ0v) is 9.85. The minimum atomic E-state index is -0.0698. The second kappa shape index (κ2) is 3.56. The molecule has 6 heteroatoms. The molecule has 3 aromatic rings. The van der Waals surface area contributed by atoms with E-state index >= 15 is 0 Å². The van der Waals surface area contributed by atoms with Gasteiger partial charge in [0.1, 0.15) is 6.33 Å². The second-order valence-corrected chi connectivity index (χ2v) is 4.15. The average Bonchev–Trinajstić information content (AvgIpc) is 2.78. The maximum Gasteiger partial charge on any atom is 0.262 e. The number of rotatable bonds is 1. The van der Waals surface area contributed by atoms with Crippen LogP contribution in [0.2, 0.25) is 5.02 Å². The van der Waals surface area contributed by atoms with E-state index in [-0.39, 0.29) is 5.56 Å². The van der Waals surface area contributed by atoms with Crippen molar-refractivity contribution in [2.75, 3.05) is 0 Å². The quantitative estimate of drug-likeness (QED) is 0.659. The Labute approximate surface area is 101 Å². The molecule has 86 valence electrons. The van der Waals surface area contributed by atoms with Gasteiger partial charge in [-0.25, -0.2) is 0 Å². The van der Waals surface area contributed by atoms with E-state index < -0.39 is 0 Å². The van der Waals surface area contributed by atoms with Gasteiger partial charge in [0.15, 0.2) is 0 Å². The predicted molar refractivity (Wildman–Crippen MR) is 65.4 cm³/mol. The number of nitrogens with zero attached hydrogens (tertiary/aromatic N) is 4. The lowest BCUT2D eigenvalue weighted by atomic mass is 10.2. The molecule has 0 atom stereocenters. The third kappa shape index (κ3) is 1.36. The Balaban J connectivity index is 2.66. The lowest BCUT2D eigenvalue weighted by molar-refractivity contribution is 0.735. The highest BCUT2D eigenvalue weighted by molar-refractivity contribution is 6.31. The summed E-state index contributed by atoms with van der Waals surface area (Å²) in [4.78, 5) is 12.2. The summed E-state index contributed by atoms with van der Waals surface area (Å²) in [5, 5.41) is 9.00. The van der Waals surface area contributed by atoms with Gasteiger partial charge in [-0.05, 0) is 25.1 Å². The summed E-state index contributed by atoms with van der Waals surface area (Å²) in [7, 11) is 0. The van der Waals surface area contributed by atoms with Crippen molar-refractivity contribution in [1.82, 2.24) is 19.2 Å². The maximum atomic E-state index is 12.2. The molecule has 0 radical (unpaired) electrons. The zero-order valence-electron chi connectivity index (χ0n) is 9.09. The Bertz CT molecular complexity index is 774. The molecular formula is C11H9ClN4O. The normalized spacial score (nSPS) is 11.4. The monoisotopic (exact) mass is 248 g/mol. The van der Waals surface area contributed by atoms with E-state index in [1.807, 2.05) is 6.92 Å². The molecule has 0 spiro atoms. The Morgan fingerprint density at radius 1 is 1.41 bits per heavy atom. The molecule has 3 rings (SSSR count). The van der Waals surface area contributed by atoms with Gasteiger partial charge in [0, 0.05) is 11.6 Å². The molecule has 0 amide bonds. The van der Waals surface area contributed by atoms with Crippen LogP contribution in [0.1, 0.15) is 6.92 Å². The third-order valence-electron chi connectivity index (χ3n) is 2.78. The lowest BCUT2D eigenvalue weighted by Gasteiger charge is -2.07. The number of aromatic nitrogens is 4. The minimum absolute atomic E-state index is 0.0698. The largest absolute Gasteiger partial charge is 0.277 e. The fraction of sp³-hybridized carbons (Fsp3) is 0.182. The molecule has 2 aromatic heterocycles. The predicted octanol–water partition coefficient (Wildman–Crippen LogP) is 1.72. The SMILES string of the molecule is CCn1c(=O)c2ccc(Cl)cc2n2cnnc12. The minimum Gasteiger partial charge on any atom is -0.277 e. The van der Waals surface area contributed by atoms with Gasteiger partial charge in [-0.2, -0.15) is 0 Å². The van der Waals surface area contributed by atoms with Crippen molar-refractivity contribution < 1.29 is 0 Å². The van der Waals surface area contributed by atoms with Gasteiger partial charge in [-0.15, -0.1) is 10.2 Å². The first-order valence-electron chi connectivity index (χ1n) is 5.24. The highest BCUT2D eigenvalue weighted by atomic mass is 35.5. The topological polar surface area (TPSA) is 52.2 Å². The third-order valence-corrected chi connectivity index (χ3v) is 3.02. The summed E-state index contributed by atoms with van der Waals surface area (Å²) >= 11 is 5.95. The molecule has 0 aliphatic carbocycles. The first kappa shape index (κ1) is 10.3. The van der Waals surface area contributed by atoms with E-state index in [0.29, 0.717) is 22.7 Å². The number of hydrogen-bond acceptors (Lipinski definition) is 3. The van der Waals surface area contributed by atoms with Crippen LogP contribution < -0.4 is 5.56 Å². The first-order chi connectivity index (χ1) is 8.22. The van der Waals surface area contributed by atoms with Crippen LogP contribution >= 0.6 is 11.6 Å². The van der Waals surface area contributed by atoms with Crippen molar-refractivity contribution in [2.45, 2.75) is 13.5 Å².